The van der Waals surface area contributed by atoms with Crippen LogP contribution in [-0.2, 0) is 20.7 Å². The SMILES string of the molecule is CCOC(=O)c1c(C)[nH]c(C(=O)OCC(=O)N(C)C2CCCc3ccccc32)c1C. The lowest BCUT2D eigenvalue weighted by Crippen LogP contribution is -2.36. The summed E-state index contributed by atoms with van der Waals surface area (Å²) in [6.07, 6.45) is 2.90. The molecule has 7 nitrogen and oxygen atoms in total. The van der Waals surface area contributed by atoms with E-state index in [-0.39, 0.29) is 30.9 Å². The molecule has 1 atom stereocenters. The number of rotatable bonds is 6. The lowest BCUT2D eigenvalue weighted by Gasteiger charge is -2.33. The van der Waals surface area contributed by atoms with Gasteiger partial charge < -0.3 is 19.4 Å². The standard InChI is InChI=1S/C23H28N2O5/c1-5-29-22(27)20-14(2)21(24-15(20)3)23(28)30-13-19(26)25(4)18-12-8-10-16-9-6-7-11-17(16)18/h6-7,9,11,18,24H,5,8,10,12-13H2,1-4H3. The van der Waals surface area contributed by atoms with Crippen molar-refractivity contribution in [2.24, 2.45) is 0 Å². The Morgan fingerprint density at radius 1 is 1.13 bits per heavy atom. The molecule has 30 heavy (non-hydrogen) atoms. The van der Waals surface area contributed by atoms with Crippen LogP contribution in [0.3, 0.4) is 0 Å². The van der Waals surface area contributed by atoms with Crippen LogP contribution in [0.5, 0.6) is 0 Å². The fraction of sp³-hybridized carbons (Fsp3) is 0.435. The first-order valence-corrected chi connectivity index (χ1v) is 10.2. The molecule has 1 aliphatic rings. The predicted octanol–water partition coefficient (Wildman–Crippen LogP) is 3.50. The van der Waals surface area contributed by atoms with E-state index < -0.39 is 11.9 Å². The summed E-state index contributed by atoms with van der Waals surface area (Å²) in [6, 6.07) is 8.11. The quantitative estimate of drug-likeness (QED) is 0.734. The van der Waals surface area contributed by atoms with E-state index in [1.807, 2.05) is 12.1 Å². The van der Waals surface area contributed by atoms with E-state index in [4.69, 9.17) is 9.47 Å². The maximum atomic E-state index is 12.7. The number of H-pyrrole nitrogens is 1. The second-order valence-electron chi connectivity index (χ2n) is 7.53. The van der Waals surface area contributed by atoms with Gasteiger partial charge in [-0.3, -0.25) is 4.79 Å². The summed E-state index contributed by atoms with van der Waals surface area (Å²) in [4.78, 5) is 41.9. The summed E-state index contributed by atoms with van der Waals surface area (Å²) in [5.41, 5.74) is 3.88. The lowest BCUT2D eigenvalue weighted by molar-refractivity contribution is -0.135. The van der Waals surface area contributed by atoms with Crippen molar-refractivity contribution in [1.29, 1.82) is 0 Å². The molecule has 2 aromatic rings. The number of hydrogen-bond donors (Lipinski definition) is 1. The zero-order valence-electron chi connectivity index (χ0n) is 17.9. The minimum atomic E-state index is -0.669. The second kappa shape index (κ2) is 9.15. The summed E-state index contributed by atoms with van der Waals surface area (Å²) in [7, 11) is 1.74. The number of carbonyl (C=O) groups is 3. The van der Waals surface area contributed by atoms with Crippen molar-refractivity contribution < 1.29 is 23.9 Å². The number of esters is 2. The second-order valence-corrected chi connectivity index (χ2v) is 7.53. The largest absolute Gasteiger partial charge is 0.462 e. The highest BCUT2D eigenvalue weighted by molar-refractivity contribution is 5.99. The summed E-state index contributed by atoms with van der Waals surface area (Å²) >= 11 is 0. The predicted molar refractivity (Wildman–Crippen MR) is 111 cm³/mol. The molecule has 0 saturated carbocycles. The number of carbonyl (C=O) groups excluding carboxylic acids is 3. The van der Waals surface area contributed by atoms with Gasteiger partial charge in [0.2, 0.25) is 0 Å². The highest BCUT2D eigenvalue weighted by atomic mass is 16.5. The van der Waals surface area contributed by atoms with Crippen LogP contribution in [0.15, 0.2) is 24.3 Å². The van der Waals surface area contributed by atoms with Crippen molar-refractivity contribution in [2.75, 3.05) is 20.3 Å². The van der Waals surface area contributed by atoms with E-state index in [2.05, 4.69) is 17.1 Å². The Hall–Kier alpha value is -3.09. The summed E-state index contributed by atoms with van der Waals surface area (Å²) in [5, 5.41) is 0. The van der Waals surface area contributed by atoms with Crippen LogP contribution >= 0.6 is 0 Å². The molecule has 1 heterocycles. The number of amides is 1. The Labute approximate surface area is 176 Å². The van der Waals surface area contributed by atoms with Crippen molar-refractivity contribution in [1.82, 2.24) is 9.88 Å². The van der Waals surface area contributed by atoms with Crippen LogP contribution in [0.25, 0.3) is 0 Å². The van der Waals surface area contributed by atoms with Crippen molar-refractivity contribution in [3.8, 4) is 0 Å². The fourth-order valence-electron chi connectivity index (χ4n) is 4.07. The first-order valence-electron chi connectivity index (χ1n) is 10.2. The first-order chi connectivity index (χ1) is 14.3. The van der Waals surface area contributed by atoms with Gasteiger partial charge in [0.25, 0.3) is 5.91 Å². The Morgan fingerprint density at radius 2 is 1.87 bits per heavy atom. The molecule has 1 aliphatic carbocycles. The number of hydrogen-bond acceptors (Lipinski definition) is 5. The van der Waals surface area contributed by atoms with Crippen LogP contribution in [-0.4, -0.2) is 48.0 Å². The highest BCUT2D eigenvalue weighted by Crippen LogP contribution is 2.33. The molecule has 3 rings (SSSR count). The maximum Gasteiger partial charge on any atom is 0.355 e. The van der Waals surface area contributed by atoms with Crippen LogP contribution < -0.4 is 0 Å². The molecule has 1 amide bonds. The molecule has 160 valence electrons. The van der Waals surface area contributed by atoms with E-state index in [0.717, 1.165) is 24.8 Å². The normalized spacial score (nSPS) is 15.3. The molecule has 0 aliphatic heterocycles. The molecule has 0 bridgehead atoms. The third-order valence-electron chi connectivity index (χ3n) is 5.65. The van der Waals surface area contributed by atoms with Gasteiger partial charge in [0, 0.05) is 12.7 Å². The first kappa shape index (κ1) is 21.6. The summed E-state index contributed by atoms with van der Waals surface area (Å²) in [6.45, 7) is 4.94. The van der Waals surface area contributed by atoms with Gasteiger partial charge in [0.05, 0.1) is 18.2 Å². The van der Waals surface area contributed by atoms with E-state index in [1.165, 1.54) is 5.56 Å². The number of aryl methyl sites for hydroxylation is 2. The van der Waals surface area contributed by atoms with Gasteiger partial charge >= 0.3 is 11.9 Å². The molecular weight excluding hydrogens is 384 g/mol. The number of nitrogens with one attached hydrogen (secondary N) is 1. The molecule has 0 saturated heterocycles. The lowest BCUT2D eigenvalue weighted by atomic mass is 9.87. The van der Waals surface area contributed by atoms with Crippen LogP contribution in [0.1, 0.15) is 69.0 Å². The zero-order valence-corrected chi connectivity index (χ0v) is 17.9. The van der Waals surface area contributed by atoms with E-state index in [9.17, 15) is 14.4 Å². The number of aromatic nitrogens is 1. The van der Waals surface area contributed by atoms with Gasteiger partial charge in [-0.2, -0.15) is 0 Å². The van der Waals surface area contributed by atoms with Gasteiger partial charge in [-0.15, -0.1) is 0 Å². The topological polar surface area (TPSA) is 88.7 Å². The molecular formula is C23H28N2O5. The van der Waals surface area contributed by atoms with Gasteiger partial charge in [-0.05, 0) is 56.7 Å². The molecule has 7 heteroatoms. The molecule has 1 aromatic carbocycles. The molecule has 0 fully saturated rings. The Bertz CT molecular complexity index is 962. The van der Waals surface area contributed by atoms with Crippen molar-refractivity contribution in [3.63, 3.8) is 0 Å². The van der Waals surface area contributed by atoms with E-state index in [1.54, 1.807) is 32.7 Å². The minimum absolute atomic E-state index is 0.0222. The number of ether oxygens (including phenoxy) is 2. The third kappa shape index (κ3) is 4.25. The van der Waals surface area contributed by atoms with Gasteiger partial charge in [-0.25, -0.2) is 9.59 Å². The molecule has 1 unspecified atom stereocenters. The average molecular weight is 412 g/mol. The Kier molecular flexibility index (Phi) is 6.59. The highest BCUT2D eigenvalue weighted by Gasteiger charge is 2.28. The van der Waals surface area contributed by atoms with E-state index >= 15 is 0 Å². The Morgan fingerprint density at radius 3 is 2.60 bits per heavy atom. The fourth-order valence-corrected chi connectivity index (χ4v) is 4.07. The van der Waals surface area contributed by atoms with Gasteiger partial charge in [0.15, 0.2) is 6.61 Å². The molecule has 1 N–H and O–H groups in total. The van der Waals surface area contributed by atoms with Crippen molar-refractivity contribution in [3.05, 3.63) is 57.9 Å². The van der Waals surface area contributed by atoms with Gasteiger partial charge in [-0.1, -0.05) is 24.3 Å². The Balaban J connectivity index is 1.66. The number of aromatic amines is 1. The molecule has 0 spiro atoms. The monoisotopic (exact) mass is 412 g/mol. The van der Waals surface area contributed by atoms with Crippen molar-refractivity contribution in [2.45, 2.75) is 46.1 Å². The van der Waals surface area contributed by atoms with Crippen molar-refractivity contribution >= 4 is 17.8 Å². The van der Waals surface area contributed by atoms with Crippen LogP contribution in [0.2, 0.25) is 0 Å². The molecule has 1 aromatic heterocycles. The maximum absolute atomic E-state index is 12.7. The smallest absolute Gasteiger partial charge is 0.355 e. The van der Waals surface area contributed by atoms with Crippen LogP contribution in [0, 0.1) is 13.8 Å². The average Bonchev–Trinajstić information content (AvgIpc) is 3.05. The number of likely N-dealkylation sites (N-methyl/N-ethyl adjacent to an activating group) is 1. The number of fused-ring (bicyclic) bond motifs is 1. The zero-order chi connectivity index (χ0) is 21.8. The number of nitrogens with zero attached hydrogens (tertiary/aromatic N) is 1. The van der Waals surface area contributed by atoms with Crippen LogP contribution in [0.4, 0.5) is 0 Å². The summed E-state index contributed by atoms with van der Waals surface area (Å²) < 4.78 is 10.3. The summed E-state index contributed by atoms with van der Waals surface area (Å²) in [5.74, 6) is -1.43. The number of benzene rings is 1. The van der Waals surface area contributed by atoms with E-state index in [0.29, 0.717) is 16.8 Å². The molecule has 0 radical (unpaired) electrons. The van der Waals surface area contributed by atoms with Gasteiger partial charge in [0.1, 0.15) is 5.69 Å². The third-order valence-corrected chi connectivity index (χ3v) is 5.65. The minimum Gasteiger partial charge on any atom is -0.462 e.